The number of rotatable bonds is 10. The van der Waals surface area contributed by atoms with Gasteiger partial charge in [-0.2, -0.15) is 0 Å². The first-order chi connectivity index (χ1) is 19.6. The molecule has 4 rings (SSSR count). The molecule has 0 aromatic heterocycles. The minimum atomic E-state index is -4.15. The Balaban J connectivity index is 1.68. The third-order valence-electron chi connectivity index (χ3n) is 7.42. The van der Waals surface area contributed by atoms with Gasteiger partial charge in [0.05, 0.1) is 10.6 Å². The minimum Gasteiger partial charge on any atom is -0.352 e. The minimum absolute atomic E-state index is 0.0385. The monoisotopic (exact) mass is 615 g/mol. The van der Waals surface area contributed by atoms with Crippen LogP contribution >= 0.6 is 23.2 Å². The third-order valence-corrected chi connectivity index (χ3v) is 9.83. The van der Waals surface area contributed by atoms with Crippen molar-refractivity contribution in [3.8, 4) is 0 Å². The first-order valence-corrected chi connectivity index (χ1v) is 15.9. The van der Waals surface area contributed by atoms with E-state index in [-0.39, 0.29) is 29.1 Å². The molecule has 1 aliphatic rings. The van der Waals surface area contributed by atoms with Gasteiger partial charge in [0.15, 0.2) is 0 Å². The summed E-state index contributed by atoms with van der Waals surface area (Å²) >= 11 is 12.5. The molecular weight excluding hydrogens is 581 g/mol. The van der Waals surface area contributed by atoms with Crippen molar-refractivity contribution in [2.75, 3.05) is 10.8 Å². The number of anilines is 1. The molecule has 3 aromatic carbocycles. The molecule has 0 spiro atoms. The lowest BCUT2D eigenvalue weighted by atomic mass is 9.95. The Morgan fingerprint density at radius 2 is 1.56 bits per heavy atom. The van der Waals surface area contributed by atoms with Gasteiger partial charge in [-0.05, 0) is 74.7 Å². The van der Waals surface area contributed by atoms with Crippen LogP contribution in [0, 0.1) is 6.92 Å². The van der Waals surface area contributed by atoms with Crippen molar-refractivity contribution in [1.82, 2.24) is 10.2 Å². The van der Waals surface area contributed by atoms with Crippen LogP contribution in [0.3, 0.4) is 0 Å². The molecule has 0 heterocycles. The van der Waals surface area contributed by atoms with Gasteiger partial charge in [-0.15, -0.1) is 0 Å². The number of halogens is 2. The molecule has 1 saturated carbocycles. The Labute approximate surface area is 252 Å². The number of carbonyl (C=O) groups excluding carboxylic acids is 2. The number of nitrogens with zero attached hydrogens (tertiary/aromatic N) is 2. The topological polar surface area (TPSA) is 86.8 Å². The van der Waals surface area contributed by atoms with E-state index < -0.39 is 28.5 Å². The van der Waals surface area contributed by atoms with Crippen LogP contribution in [-0.2, 0) is 26.2 Å². The highest BCUT2D eigenvalue weighted by Gasteiger charge is 2.33. The maximum Gasteiger partial charge on any atom is 0.264 e. The molecule has 1 fully saturated rings. The second-order valence-corrected chi connectivity index (χ2v) is 13.1. The molecule has 0 radical (unpaired) electrons. The molecule has 1 aliphatic carbocycles. The highest BCUT2D eigenvalue weighted by molar-refractivity contribution is 7.92. The summed E-state index contributed by atoms with van der Waals surface area (Å²) in [7, 11) is -4.15. The maximum atomic E-state index is 14.1. The summed E-state index contributed by atoms with van der Waals surface area (Å²) in [6, 6.07) is 19.0. The van der Waals surface area contributed by atoms with Crippen LogP contribution in [0.4, 0.5) is 5.69 Å². The van der Waals surface area contributed by atoms with E-state index in [2.05, 4.69) is 5.32 Å². The lowest BCUT2D eigenvalue weighted by molar-refractivity contribution is -0.139. The summed E-state index contributed by atoms with van der Waals surface area (Å²) in [5.41, 5.74) is 1.83. The fourth-order valence-electron chi connectivity index (χ4n) is 4.94. The molecule has 2 amide bonds. The van der Waals surface area contributed by atoms with E-state index in [0.717, 1.165) is 42.0 Å². The normalized spacial score (nSPS) is 14.7. The van der Waals surface area contributed by atoms with Gasteiger partial charge in [0.25, 0.3) is 10.0 Å². The highest BCUT2D eigenvalue weighted by atomic mass is 35.5. The zero-order valence-corrected chi connectivity index (χ0v) is 25.6. The SMILES string of the molecule is Cc1ccc(S(=O)(=O)N(CC(=O)N(Cc2ccccc2Cl)[C@H](C)C(=O)NC2CCCCC2)c2ccc(Cl)cc2)cc1. The fourth-order valence-corrected chi connectivity index (χ4v) is 6.67. The predicted octanol–water partition coefficient (Wildman–Crippen LogP) is 6.36. The van der Waals surface area contributed by atoms with E-state index >= 15 is 0 Å². The van der Waals surface area contributed by atoms with Crippen molar-refractivity contribution >= 4 is 50.7 Å². The van der Waals surface area contributed by atoms with Crippen molar-refractivity contribution in [3.05, 3.63) is 94.0 Å². The van der Waals surface area contributed by atoms with E-state index in [4.69, 9.17) is 23.2 Å². The number of sulfonamides is 1. The van der Waals surface area contributed by atoms with Crippen LogP contribution in [0.1, 0.15) is 50.2 Å². The molecule has 1 N–H and O–H groups in total. The Hall–Kier alpha value is -3.07. The van der Waals surface area contributed by atoms with Gasteiger partial charge in [-0.25, -0.2) is 8.42 Å². The summed E-state index contributed by atoms with van der Waals surface area (Å²) in [4.78, 5) is 28.9. The molecule has 1 atom stereocenters. The Kier molecular flexibility index (Phi) is 10.3. The molecule has 3 aromatic rings. The smallest absolute Gasteiger partial charge is 0.264 e. The summed E-state index contributed by atoms with van der Waals surface area (Å²) < 4.78 is 28.8. The number of nitrogens with one attached hydrogen (secondary N) is 1. The first kappa shape index (κ1) is 30.9. The standard InChI is InChI=1S/C31H35Cl2N3O4S/c1-22-12-18-28(19-13-22)41(39,40)36(27-16-14-25(32)15-17-27)21-30(37)35(20-24-8-6-7-11-29(24)33)23(2)31(38)34-26-9-4-3-5-10-26/h6-8,11-19,23,26H,3-5,9-10,20-21H2,1-2H3,(H,34,38)/t23-/m1/s1. The van der Waals surface area contributed by atoms with E-state index in [1.54, 1.807) is 67.6 Å². The molecule has 0 bridgehead atoms. The lowest BCUT2D eigenvalue weighted by Crippen LogP contribution is -2.53. The molecule has 0 unspecified atom stereocenters. The summed E-state index contributed by atoms with van der Waals surface area (Å²) in [5.74, 6) is -0.821. The summed E-state index contributed by atoms with van der Waals surface area (Å²) in [5, 5.41) is 3.98. The van der Waals surface area contributed by atoms with Gasteiger partial charge < -0.3 is 10.2 Å². The zero-order valence-electron chi connectivity index (χ0n) is 23.2. The van der Waals surface area contributed by atoms with Gasteiger partial charge in [-0.3, -0.25) is 13.9 Å². The van der Waals surface area contributed by atoms with Crippen molar-refractivity contribution in [1.29, 1.82) is 0 Å². The van der Waals surface area contributed by atoms with Crippen LogP contribution < -0.4 is 9.62 Å². The first-order valence-electron chi connectivity index (χ1n) is 13.7. The van der Waals surface area contributed by atoms with E-state index in [1.165, 1.54) is 17.0 Å². The maximum absolute atomic E-state index is 14.1. The van der Waals surface area contributed by atoms with Crippen molar-refractivity contribution in [2.45, 2.75) is 69.5 Å². The zero-order chi connectivity index (χ0) is 29.6. The quantitative estimate of drug-likeness (QED) is 0.287. The molecular formula is C31H35Cl2N3O4S. The number of benzene rings is 3. The Bertz CT molecular complexity index is 1460. The molecule has 0 aliphatic heterocycles. The third kappa shape index (κ3) is 7.82. The largest absolute Gasteiger partial charge is 0.352 e. The number of hydrogen-bond acceptors (Lipinski definition) is 4. The van der Waals surface area contributed by atoms with Gasteiger partial charge in [0.2, 0.25) is 11.8 Å². The van der Waals surface area contributed by atoms with Crippen molar-refractivity contribution < 1.29 is 18.0 Å². The van der Waals surface area contributed by atoms with Crippen LogP contribution in [0.5, 0.6) is 0 Å². The molecule has 7 nitrogen and oxygen atoms in total. The van der Waals surface area contributed by atoms with E-state index in [0.29, 0.717) is 15.6 Å². The van der Waals surface area contributed by atoms with Crippen molar-refractivity contribution in [3.63, 3.8) is 0 Å². The lowest BCUT2D eigenvalue weighted by Gasteiger charge is -2.33. The Morgan fingerprint density at radius 1 is 0.927 bits per heavy atom. The highest BCUT2D eigenvalue weighted by Crippen LogP contribution is 2.27. The summed E-state index contributed by atoms with van der Waals surface area (Å²) in [6.45, 7) is 3.04. The summed E-state index contributed by atoms with van der Waals surface area (Å²) in [6.07, 6.45) is 5.05. The molecule has 218 valence electrons. The molecule has 10 heteroatoms. The van der Waals surface area contributed by atoms with Crippen LogP contribution in [0.15, 0.2) is 77.7 Å². The fraction of sp³-hybridized carbons (Fsp3) is 0.355. The average Bonchev–Trinajstić information content (AvgIpc) is 2.96. The van der Waals surface area contributed by atoms with Crippen molar-refractivity contribution in [2.24, 2.45) is 0 Å². The number of amides is 2. The van der Waals surface area contributed by atoms with Gasteiger partial charge >= 0.3 is 0 Å². The molecule has 41 heavy (non-hydrogen) atoms. The number of hydrogen-bond donors (Lipinski definition) is 1. The van der Waals surface area contributed by atoms with Gasteiger partial charge in [0.1, 0.15) is 12.6 Å². The number of carbonyl (C=O) groups is 2. The van der Waals surface area contributed by atoms with Crippen LogP contribution in [-0.4, -0.2) is 43.8 Å². The molecule has 0 saturated heterocycles. The number of aryl methyl sites for hydroxylation is 1. The van der Waals surface area contributed by atoms with E-state index in [1.807, 2.05) is 6.92 Å². The van der Waals surface area contributed by atoms with E-state index in [9.17, 15) is 18.0 Å². The Morgan fingerprint density at radius 3 is 2.20 bits per heavy atom. The average molecular weight is 617 g/mol. The second-order valence-electron chi connectivity index (χ2n) is 10.4. The second kappa shape index (κ2) is 13.7. The van der Waals surface area contributed by atoms with Crippen LogP contribution in [0.2, 0.25) is 10.0 Å². The van der Waals surface area contributed by atoms with Crippen LogP contribution in [0.25, 0.3) is 0 Å². The van der Waals surface area contributed by atoms with Gasteiger partial charge in [0, 0.05) is 22.6 Å². The predicted molar refractivity (Wildman–Crippen MR) is 164 cm³/mol. The van der Waals surface area contributed by atoms with Gasteiger partial charge in [-0.1, -0.05) is 78.4 Å².